The molecule has 2 rings (SSSR count). The lowest BCUT2D eigenvalue weighted by Crippen LogP contribution is -2.49. The van der Waals surface area contributed by atoms with Crippen LogP contribution in [-0.2, 0) is 17.7 Å². The number of halogens is 1. The molecule has 0 unspecified atom stereocenters. The molecule has 5 nitrogen and oxygen atoms in total. The van der Waals surface area contributed by atoms with Crippen molar-refractivity contribution in [2.45, 2.75) is 51.5 Å². The summed E-state index contributed by atoms with van der Waals surface area (Å²) in [6.07, 6.45) is -0.956. The highest BCUT2D eigenvalue weighted by Gasteiger charge is 2.24. The van der Waals surface area contributed by atoms with E-state index in [4.69, 9.17) is 4.74 Å². The number of amides is 1. The maximum absolute atomic E-state index is 13.3. The van der Waals surface area contributed by atoms with Gasteiger partial charge in [0.15, 0.2) is 0 Å². The number of aliphatic hydroxyl groups excluding tert-OH is 1. The van der Waals surface area contributed by atoms with Crippen molar-refractivity contribution in [3.8, 4) is 0 Å². The minimum atomic E-state index is -0.846. The quantitative estimate of drug-likeness (QED) is 0.648. The summed E-state index contributed by atoms with van der Waals surface area (Å²) < 4.78 is 18.6. The highest BCUT2D eigenvalue weighted by Crippen LogP contribution is 2.10. The molecule has 0 radical (unpaired) electrons. The smallest absolute Gasteiger partial charge is 0.407 e. The van der Waals surface area contributed by atoms with E-state index in [1.807, 2.05) is 36.4 Å². The lowest BCUT2D eigenvalue weighted by atomic mass is 10.0. The van der Waals surface area contributed by atoms with Gasteiger partial charge in [-0.25, -0.2) is 9.18 Å². The van der Waals surface area contributed by atoms with Gasteiger partial charge in [0, 0.05) is 13.1 Å². The number of rotatable bonds is 8. The Bertz CT molecular complexity index is 747. The van der Waals surface area contributed by atoms with Crippen LogP contribution in [0.3, 0.4) is 0 Å². The SMILES string of the molecule is CC(C)(C)OC(=O)N[C@@H](Cc1ccccc1)[C@H](O)CNCc1cccc(F)c1. The topological polar surface area (TPSA) is 70.6 Å². The number of hydrogen-bond acceptors (Lipinski definition) is 4. The van der Waals surface area contributed by atoms with E-state index in [0.29, 0.717) is 13.0 Å². The molecule has 0 bridgehead atoms. The van der Waals surface area contributed by atoms with E-state index in [2.05, 4.69) is 10.6 Å². The molecule has 0 aliphatic rings. The average Bonchev–Trinajstić information content (AvgIpc) is 2.60. The van der Waals surface area contributed by atoms with Gasteiger partial charge < -0.3 is 20.5 Å². The van der Waals surface area contributed by atoms with Crippen molar-refractivity contribution in [2.24, 2.45) is 0 Å². The van der Waals surface area contributed by atoms with Gasteiger partial charge in [-0.1, -0.05) is 42.5 Å². The second kappa shape index (κ2) is 10.2. The van der Waals surface area contributed by atoms with Crippen LogP contribution in [0.25, 0.3) is 0 Å². The van der Waals surface area contributed by atoms with Crippen LogP contribution in [0.15, 0.2) is 54.6 Å². The molecule has 0 saturated heterocycles. The molecule has 3 N–H and O–H groups in total. The van der Waals surface area contributed by atoms with Crippen molar-refractivity contribution in [2.75, 3.05) is 6.54 Å². The number of carbonyl (C=O) groups excluding carboxylic acids is 1. The van der Waals surface area contributed by atoms with E-state index in [1.54, 1.807) is 26.8 Å². The van der Waals surface area contributed by atoms with Gasteiger partial charge in [-0.2, -0.15) is 0 Å². The van der Waals surface area contributed by atoms with Gasteiger partial charge in [-0.05, 0) is 50.5 Å². The first-order chi connectivity index (χ1) is 13.2. The Morgan fingerprint density at radius 2 is 1.79 bits per heavy atom. The molecular formula is C22H29FN2O3. The third-order valence-electron chi connectivity index (χ3n) is 4.04. The fraction of sp³-hybridized carbons (Fsp3) is 0.409. The van der Waals surface area contributed by atoms with Crippen LogP contribution in [0.4, 0.5) is 9.18 Å². The monoisotopic (exact) mass is 388 g/mol. The number of carbonyl (C=O) groups is 1. The van der Waals surface area contributed by atoms with Gasteiger partial charge in [0.2, 0.25) is 0 Å². The molecule has 2 aromatic carbocycles. The molecule has 1 amide bonds. The third kappa shape index (κ3) is 8.06. The standard InChI is InChI=1S/C22H29FN2O3/c1-22(2,3)28-21(27)25-19(13-16-8-5-4-6-9-16)20(26)15-24-14-17-10-7-11-18(23)12-17/h4-12,19-20,24,26H,13-15H2,1-3H3,(H,25,27)/t19-,20+/m0/s1. The average molecular weight is 388 g/mol. The molecule has 0 aliphatic heterocycles. The summed E-state index contributed by atoms with van der Waals surface area (Å²) in [5, 5.41) is 16.5. The van der Waals surface area contributed by atoms with Crippen LogP contribution in [0, 0.1) is 5.82 Å². The predicted molar refractivity (Wildman–Crippen MR) is 107 cm³/mol. The first-order valence-electron chi connectivity index (χ1n) is 9.39. The highest BCUT2D eigenvalue weighted by atomic mass is 19.1. The second-order valence-corrected chi connectivity index (χ2v) is 7.77. The number of aliphatic hydroxyl groups is 1. The Morgan fingerprint density at radius 1 is 1.11 bits per heavy atom. The third-order valence-corrected chi connectivity index (χ3v) is 4.04. The Labute approximate surface area is 165 Å². The lowest BCUT2D eigenvalue weighted by molar-refractivity contribution is 0.0422. The van der Waals surface area contributed by atoms with E-state index >= 15 is 0 Å². The Hall–Kier alpha value is -2.44. The van der Waals surface area contributed by atoms with Crippen LogP contribution in [0.5, 0.6) is 0 Å². The van der Waals surface area contributed by atoms with Crippen molar-refractivity contribution >= 4 is 6.09 Å². The molecular weight excluding hydrogens is 359 g/mol. The van der Waals surface area contributed by atoms with Gasteiger partial charge in [-0.3, -0.25) is 0 Å². The van der Waals surface area contributed by atoms with Crippen molar-refractivity contribution in [3.63, 3.8) is 0 Å². The summed E-state index contributed by atoms with van der Waals surface area (Å²) in [4.78, 5) is 12.2. The summed E-state index contributed by atoms with van der Waals surface area (Å²) in [5.74, 6) is -0.298. The maximum atomic E-state index is 13.3. The fourth-order valence-electron chi connectivity index (χ4n) is 2.76. The first-order valence-corrected chi connectivity index (χ1v) is 9.39. The maximum Gasteiger partial charge on any atom is 0.407 e. The summed E-state index contributed by atoms with van der Waals surface area (Å²) >= 11 is 0. The zero-order valence-corrected chi connectivity index (χ0v) is 16.6. The van der Waals surface area contributed by atoms with Crippen LogP contribution >= 0.6 is 0 Å². The summed E-state index contributed by atoms with van der Waals surface area (Å²) in [5.41, 5.74) is 1.15. The van der Waals surface area contributed by atoms with Crippen LogP contribution in [0.2, 0.25) is 0 Å². The molecule has 2 atom stereocenters. The predicted octanol–water partition coefficient (Wildman–Crippen LogP) is 3.41. The zero-order valence-electron chi connectivity index (χ0n) is 16.6. The minimum Gasteiger partial charge on any atom is -0.444 e. The van der Waals surface area contributed by atoms with Gasteiger partial charge in [0.25, 0.3) is 0 Å². The molecule has 0 saturated carbocycles. The van der Waals surface area contributed by atoms with Crippen molar-refractivity contribution in [1.29, 1.82) is 0 Å². The lowest BCUT2D eigenvalue weighted by Gasteiger charge is -2.27. The van der Waals surface area contributed by atoms with Gasteiger partial charge in [0.05, 0.1) is 12.1 Å². The normalized spacial score (nSPS) is 13.6. The van der Waals surface area contributed by atoms with E-state index in [9.17, 15) is 14.3 Å². The van der Waals surface area contributed by atoms with Gasteiger partial charge >= 0.3 is 6.09 Å². The fourth-order valence-corrected chi connectivity index (χ4v) is 2.76. The number of nitrogens with one attached hydrogen (secondary N) is 2. The molecule has 0 aromatic heterocycles. The largest absolute Gasteiger partial charge is 0.444 e. The van der Waals surface area contributed by atoms with Crippen molar-refractivity contribution < 1.29 is 19.0 Å². The van der Waals surface area contributed by atoms with Crippen LogP contribution in [0.1, 0.15) is 31.9 Å². The molecule has 0 aliphatic carbocycles. The Kier molecular flexibility index (Phi) is 7.96. The molecule has 6 heteroatoms. The number of alkyl carbamates (subject to hydrolysis) is 1. The molecule has 28 heavy (non-hydrogen) atoms. The molecule has 2 aromatic rings. The van der Waals surface area contributed by atoms with E-state index in [0.717, 1.165) is 11.1 Å². The number of benzene rings is 2. The Morgan fingerprint density at radius 3 is 2.43 bits per heavy atom. The summed E-state index contributed by atoms with van der Waals surface area (Å²) in [7, 11) is 0. The van der Waals surface area contributed by atoms with Gasteiger partial charge in [-0.15, -0.1) is 0 Å². The molecule has 152 valence electrons. The molecule has 0 fully saturated rings. The van der Waals surface area contributed by atoms with Crippen LogP contribution < -0.4 is 10.6 Å². The van der Waals surface area contributed by atoms with E-state index < -0.39 is 23.8 Å². The molecule has 0 spiro atoms. The number of ether oxygens (including phenoxy) is 1. The van der Waals surface area contributed by atoms with Gasteiger partial charge in [0.1, 0.15) is 11.4 Å². The number of hydrogen-bond donors (Lipinski definition) is 3. The molecule has 0 heterocycles. The Balaban J connectivity index is 1.96. The van der Waals surface area contributed by atoms with Crippen LogP contribution in [-0.4, -0.2) is 35.5 Å². The van der Waals surface area contributed by atoms with E-state index in [1.165, 1.54) is 12.1 Å². The first kappa shape index (κ1) is 21.9. The summed E-state index contributed by atoms with van der Waals surface area (Å²) in [6, 6.07) is 15.4. The van der Waals surface area contributed by atoms with E-state index in [-0.39, 0.29) is 12.4 Å². The highest BCUT2D eigenvalue weighted by molar-refractivity contribution is 5.68. The summed E-state index contributed by atoms with van der Waals surface area (Å²) in [6.45, 7) is 6.02. The minimum absolute atomic E-state index is 0.240. The second-order valence-electron chi connectivity index (χ2n) is 7.77. The van der Waals surface area contributed by atoms with Crippen molar-refractivity contribution in [3.05, 3.63) is 71.5 Å². The zero-order chi connectivity index (χ0) is 20.6. The van der Waals surface area contributed by atoms with Crippen molar-refractivity contribution in [1.82, 2.24) is 10.6 Å².